The number of hydrogen-bond acceptors (Lipinski definition) is 4. The largest absolute Gasteiger partial charge is 0.369 e. The number of carbonyl (C=O) groups is 3. The molecule has 1 aliphatic carbocycles. The summed E-state index contributed by atoms with van der Waals surface area (Å²) in [6, 6.07) is 9.27. The van der Waals surface area contributed by atoms with Crippen LogP contribution in [0.5, 0.6) is 0 Å². The van der Waals surface area contributed by atoms with Crippen LogP contribution in [-0.2, 0) is 20.9 Å². The van der Waals surface area contributed by atoms with Gasteiger partial charge < -0.3 is 11.1 Å². The van der Waals surface area contributed by atoms with Gasteiger partial charge in [-0.2, -0.15) is 5.10 Å². The smallest absolute Gasteiger partial charge is 0.267 e. The molecule has 3 rings (SSSR count). The third-order valence-electron chi connectivity index (χ3n) is 4.74. The average Bonchev–Trinajstić information content (AvgIpc) is 3.06. The van der Waals surface area contributed by atoms with Gasteiger partial charge in [0, 0.05) is 18.9 Å². The van der Waals surface area contributed by atoms with Gasteiger partial charge >= 0.3 is 0 Å². The summed E-state index contributed by atoms with van der Waals surface area (Å²) < 4.78 is 0. The topological polar surface area (TPSA) is 105 Å². The Labute approximate surface area is 146 Å². The van der Waals surface area contributed by atoms with E-state index < -0.39 is 0 Å². The highest BCUT2D eigenvalue weighted by molar-refractivity contribution is 6.39. The summed E-state index contributed by atoms with van der Waals surface area (Å²) in [6.45, 7) is 0.337. The predicted octanol–water partition coefficient (Wildman–Crippen LogP) is 0.935. The summed E-state index contributed by atoms with van der Waals surface area (Å²) in [6.07, 6.45) is 2.86. The van der Waals surface area contributed by atoms with Crippen LogP contribution in [0.2, 0.25) is 0 Å². The summed E-state index contributed by atoms with van der Waals surface area (Å²) in [5, 5.41) is 8.45. The Balaban J connectivity index is 1.68. The van der Waals surface area contributed by atoms with Crippen LogP contribution in [0.3, 0.4) is 0 Å². The molecule has 0 bridgehead atoms. The molecule has 0 unspecified atom stereocenters. The Hall–Kier alpha value is -2.70. The molecule has 7 heteroatoms. The quantitative estimate of drug-likeness (QED) is 0.832. The zero-order valence-corrected chi connectivity index (χ0v) is 14.0. The number of rotatable bonds is 5. The molecule has 3 amide bonds. The van der Waals surface area contributed by atoms with E-state index in [-0.39, 0.29) is 36.1 Å². The Bertz CT molecular complexity index is 702. The van der Waals surface area contributed by atoms with Crippen LogP contribution in [0.4, 0.5) is 0 Å². The van der Waals surface area contributed by atoms with Crippen molar-refractivity contribution >= 4 is 23.4 Å². The number of nitrogens with zero attached hydrogens (tertiary/aromatic N) is 2. The van der Waals surface area contributed by atoms with Gasteiger partial charge in [-0.05, 0) is 18.4 Å². The Kier molecular flexibility index (Phi) is 5.11. The number of primary amides is 1. The van der Waals surface area contributed by atoms with Crippen molar-refractivity contribution in [3.05, 3.63) is 35.9 Å². The second-order valence-electron chi connectivity index (χ2n) is 6.50. The van der Waals surface area contributed by atoms with Crippen molar-refractivity contribution in [3.8, 4) is 0 Å². The van der Waals surface area contributed by atoms with E-state index in [1.165, 1.54) is 5.01 Å². The monoisotopic (exact) mass is 342 g/mol. The summed E-state index contributed by atoms with van der Waals surface area (Å²) in [7, 11) is 0. The van der Waals surface area contributed by atoms with Gasteiger partial charge in [0.15, 0.2) is 0 Å². The van der Waals surface area contributed by atoms with Gasteiger partial charge in [-0.25, -0.2) is 5.01 Å². The molecule has 1 aromatic rings. The maximum Gasteiger partial charge on any atom is 0.267 e. The Morgan fingerprint density at radius 2 is 1.96 bits per heavy atom. The van der Waals surface area contributed by atoms with Gasteiger partial charge in [-0.15, -0.1) is 0 Å². The van der Waals surface area contributed by atoms with Crippen LogP contribution in [0.1, 0.15) is 37.7 Å². The molecule has 1 aliphatic heterocycles. The maximum absolute atomic E-state index is 12.5. The van der Waals surface area contributed by atoms with Crippen LogP contribution < -0.4 is 11.1 Å². The summed E-state index contributed by atoms with van der Waals surface area (Å²) >= 11 is 0. The average molecular weight is 342 g/mol. The fourth-order valence-corrected chi connectivity index (χ4v) is 3.37. The van der Waals surface area contributed by atoms with Crippen LogP contribution in [-0.4, -0.2) is 34.5 Å². The van der Waals surface area contributed by atoms with Crippen molar-refractivity contribution in [2.75, 3.05) is 0 Å². The summed E-state index contributed by atoms with van der Waals surface area (Å²) in [5.41, 5.74) is 6.67. The summed E-state index contributed by atoms with van der Waals surface area (Å²) in [5.74, 6) is -1.12. The molecule has 0 spiro atoms. The van der Waals surface area contributed by atoms with Crippen LogP contribution in [0, 0.1) is 5.92 Å². The number of hydrogen-bond donors (Lipinski definition) is 2. The molecule has 132 valence electrons. The number of amides is 3. The number of carbonyl (C=O) groups excluding carboxylic acids is 3. The number of nitrogens with two attached hydrogens (primary N) is 1. The molecule has 0 saturated heterocycles. The molecule has 1 aromatic carbocycles. The first-order chi connectivity index (χ1) is 12.0. The lowest BCUT2D eigenvalue weighted by Crippen LogP contribution is -2.46. The molecule has 2 atom stereocenters. The third-order valence-corrected chi connectivity index (χ3v) is 4.74. The van der Waals surface area contributed by atoms with E-state index in [2.05, 4.69) is 10.4 Å². The molecule has 1 saturated carbocycles. The van der Waals surface area contributed by atoms with E-state index in [0.717, 1.165) is 18.4 Å². The molecule has 3 N–H and O–H groups in total. The first-order valence-corrected chi connectivity index (χ1v) is 8.56. The zero-order valence-electron chi connectivity index (χ0n) is 14.0. The normalized spacial score (nSPS) is 23.3. The van der Waals surface area contributed by atoms with E-state index in [1.807, 2.05) is 30.3 Å². The minimum absolute atomic E-state index is 0.101. The number of nitrogens with one attached hydrogen (secondary N) is 1. The molecular weight excluding hydrogens is 320 g/mol. The molecule has 2 aliphatic rings. The summed E-state index contributed by atoms with van der Waals surface area (Å²) in [4.78, 5) is 36.0. The molecule has 25 heavy (non-hydrogen) atoms. The van der Waals surface area contributed by atoms with E-state index in [9.17, 15) is 14.4 Å². The molecule has 0 radical (unpaired) electrons. The number of benzene rings is 1. The van der Waals surface area contributed by atoms with E-state index in [4.69, 9.17) is 5.73 Å². The molecule has 7 nitrogen and oxygen atoms in total. The fraction of sp³-hybridized carbons (Fsp3) is 0.444. The highest BCUT2D eigenvalue weighted by Crippen LogP contribution is 2.25. The first kappa shape index (κ1) is 17.1. The van der Waals surface area contributed by atoms with Gasteiger partial charge in [0.2, 0.25) is 11.8 Å². The minimum Gasteiger partial charge on any atom is -0.369 e. The van der Waals surface area contributed by atoms with Gasteiger partial charge in [-0.3, -0.25) is 14.4 Å². The lowest BCUT2D eigenvalue weighted by molar-refractivity contribution is -0.132. The molecule has 1 fully saturated rings. The van der Waals surface area contributed by atoms with Crippen molar-refractivity contribution in [2.24, 2.45) is 16.8 Å². The molecule has 0 aromatic heterocycles. The number of hydrazone groups is 1. The zero-order chi connectivity index (χ0) is 17.8. The van der Waals surface area contributed by atoms with Crippen LogP contribution in [0.15, 0.2) is 35.4 Å². The van der Waals surface area contributed by atoms with Crippen LogP contribution in [0.25, 0.3) is 0 Å². The highest BCUT2D eigenvalue weighted by Gasteiger charge is 2.34. The van der Waals surface area contributed by atoms with Crippen molar-refractivity contribution in [3.63, 3.8) is 0 Å². The van der Waals surface area contributed by atoms with Crippen LogP contribution >= 0.6 is 0 Å². The second kappa shape index (κ2) is 7.46. The van der Waals surface area contributed by atoms with Gasteiger partial charge in [0.05, 0.1) is 12.5 Å². The molecule has 1 heterocycles. The van der Waals surface area contributed by atoms with E-state index >= 15 is 0 Å². The first-order valence-electron chi connectivity index (χ1n) is 8.56. The minimum atomic E-state index is -0.380. The van der Waals surface area contributed by atoms with E-state index in [0.29, 0.717) is 25.1 Å². The van der Waals surface area contributed by atoms with Crippen molar-refractivity contribution in [1.82, 2.24) is 10.3 Å². The third kappa shape index (κ3) is 4.04. The van der Waals surface area contributed by atoms with Gasteiger partial charge in [0.25, 0.3) is 5.91 Å². The standard InChI is InChI=1S/C18H22N4O3/c19-17(24)13-7-4-8-14(13)20-18(25)15-9-10-16(23)22(21-15)11-12-5-2-1-3-6-12/h1-3,5-6,13-14H,4,7-11H2,(H2,19,24)(H,20,25)/t13-,14+/m0/s1. The van der Waals surface area contributed by atoms with Crippen molar-refractivity contribution < 1.29 is 14.4 Å². The van der Waals surface area contributed by atoms with Gasteiger partial charge in [0.1, 0.15) is 5.71 Å². The highest BCUT2D eigenvalue weighted by atomic mass is 16.2. The Morgan fingerprint density at radius 3 is 2.68 bits per heavy atom. The lowest BCUT2D eigenvalue weighted by atomic mass is 10.0. The van der Waals surface area contributed by atoms with Crippen molar-refractivity contribution in [2.45, 2.75) is 44.7 Å². The van der Waals surface area contributed by atoms with Crippen molar-refractivity contribution in [1.29, 1.82) is 0 Å². The fourth-order valence-electron chi connectivity index (χ4n) is 3.37. The molecular formula is C18H22N4O3. The Morgan fingerprint density at radius 1 is 1.20 bits per heavy atom. The maximum atomic E-state index is 12.5. The second-order valence-corrected chi connectivity index (χ2v) is 6.50. The van der Waals surface area contributed by atoms with Gasteiger partial charge in [-0.1, -0.05) is 36.8 Å². The lowest BCUT2D eigenvalue weighted by Gasteiger charge is -2.24. The predicted molar refractivity (Wildman–Crippen MR) is 92.1 cm³/mol. The van der Waals surface area contributed by atoms with E-state index in [1.54, 1.807) is 0 Å². The SMILES string of the molecule is NC(=O)[C@H]1CCC[C@H]1NC(=O)C1=NN(Cc2ccccc2)C(=O)CC1.